The topological polar surface area (TPSA) is 68.9 Å². The van der Waals surface area contributed by atoms with E-state index < -0.39 is 5.91 Å². The van der Waals surface area contributed by atoms with Crippen LogP contribution in [0.5, 0.6) is 0 Å². The lowest BCUT2D eigenvalue weighted by Gasteiger charge is -2.01. The third-order valence-electron chi connectivity index (χ3n) is 1.44. The summed E-state index contributed by atoms with van der Waals surface area (Å²) >= 11 is 5.53. The van der Waals surface area contributed by atoms with Crippen LogP contribution in [-0.4, -0.2) is 15.9 Å². The Morgan fingerprint density at radius 2 is 2.42 bits per heavy atom. The molecule has 0 spiro atoms. The molecule has 0 unspecified atom stereocenters. The van der Waals surface area contributed by atoms with Gasteiger partial charge in [0, 0.05) is 6.20 Å². The van der Waals surface area contributed by atoms with Gasteiger partial charge >= 0.3 is 0 Å². The molecule has 2 N–H and O–H groups in total. The molecule has 0 saturated heterocycles. The Balaban J connectivity index is 3.20. The Morgan fingerprint density at radius 3 is 2.92 bits per heavy atom. The van der Waals surface area contributed by atoms with E-state index in [2.05, 4.69) is 9.97 Å². The number of hydrogen-bond acceptors (Lipinski definition) is 3. The number of primary amides is 1. The summed E-state index contributed by atoms with van der Waals surface area (Å²) in [6.07, 6.45) is 1.96. The van der Waals surface area contributed by atoms with Gasteiger partial charge in [0.15, 0.2) is 0 Å². The number of amides is 1. The van der Waals surface area contributed by atoms with Crippen molar-refractivity contribution in [1.29, 1.82) is 0 Å². The van der Waals surface area contributed by atoms with E-state index >= 15 is 0 Å². The van der Waals surface area contributed by atoms with E-state index in [1.54, 1.807) is 0 Å². The predicted molar refractivity (Wildman–Crippen MR) is 44.9 cm³/mol. The summed E-state index contributed by atoms with van der Waals surface area (Å²) in [6, 6.07) is 0. The third-order valence-corrected chi connectivity index (χ3v) is 1.62. The highest BCUT2D eigenvalue weighted by Gasteiger charge is 2.08. The maximum absolute atomic E-state index is 10.8. The highest BCUT2D eigenvalue weighted by molar-refractivity contribution is 6.28. The minimum atomic E-state index is -0.525. The number of hydrogen-bond donors (Lipinski definition) is 1. The summed E-state index contributed by atoms with van der Waals surface area (Å²) in [5, 5.41) is 0.136. The van der Waals surface area contributed by atoms with Gasteiger partial charge in [-0.25, -0.2) is 9.97 Å². The molecule has 5 heteroatoms. The van der Waals surface area contributed by atoms with Gasteiger partial charge in [-0.05, 0) is 18.0 Å². The molecule has 1 amide bonds. The van der Waals surface area contributed by atoms with Crippen LogP contribution < -0.4 is 5.73 Å². The molecule has 64 valence electrons. The number of nitrogens with two attached hydrogens (primary N) is 1. The maximum atomic E-state index is 10.8. The Labute approximate surface area is 74.8 Å². The van der Waals surface area contributed by atoms with Crippen molar-refractivity contribution in [2.75, 3.05) is 0 Å². The van der Waals surface area contributed by atoms with E-state index in [0.29, 0.717) is 17.7 Å². The molecule has 0 bridgehead atoms. The fraction of sp³-hybridized carbons (Fsp3) is 0.286. The van der Waals surface area contributed by atoms with E-state index in [4.69, 9.17) is 17.3 Å². The van der Waals surface area contributed by atoms with Crippen LogP contribution in [0.2, 0.25) is 5.28 Å². The molecule has 4 nitrogen and oxygen atoms in total. The zero-order chi connectivity index (χ0) is 9.14. The summed E-state index contributed by atoms with van der Waals surface area (Å²) in [4.78, 5) is 18.3. The van der Waals surface area contributed by atoms with Crippen molar-refractivity contribution in [2.24, 2.45) is 5.73 Å². The second-order valence-corrected chi connectivity index (χ2v) is 2.56. The second kappa shape index (κ2) is 3.49. The smallest absolute Gasteiger partial charge is 0.252 e. The van der Waals surface area contributed by atoms with Crippen molar-refractivity contribution in [3.05, 3.63) is 22.7 Å². The van der Waals surface area contributed by atoms with E-state index in [0.717, 1.165) is 0 Å². The lowest BCUT2D eigenvalue weighted by Crippen LogP contribution is -2.15. The van der Waals surface area contributed by atoms with Gasteiger partial charge in [-0.3, -0.25) is 4.79 Å². The monoisotopic (exact) mass is 185 g/mol. The number of aryl methyl sites for hydroxylation is 1. The van der Waals surface area contributed by atoms with E-state index in [-0.39, 0.29) is 5.28 Å². The summed E-state index contributed by atoms with van der Waals surface area (Å²) in [5.74, 6) is -0.525. The first kappa shape index (κ1) is 8.93. The molecule has 0 aromatic carbocycles. The summed E-state index contributed by atoms with van der Waals surface area (Å²) < 4.78 is 0. The average molecular weight is 186 g/mol. The zero-order valence-corrected chi connectivity index (χ0v) is 7.30. The van der Waals surface area contributed by atoms with Gasteiger partial charge in [0.2, 0.25) is 5.28 Å². The van der Waals surface area contributed by atoms with E-state index in [9.17, 15) is 4.79 Å². The summed E-state index contributed by atoms with van der Waals surface area (Å²) in [6.45, 7) is 1.87. The fourth-order valence-corrected chi connectivity index (χ4v) is 1.02. The van der Waals surface area contributed by atoms with Crippen molar-refractivity contribution in [1.82, 2.24) is 9.97 Å². The fourth-order valence-electron chi connectivity index (χ4n) is 0.868. The lowest BCUT2D eigenvalue weighted by atomic mass is 10.2. The van der Waals surface area contributed by atoms with Crippen LogP contribution in [0.4, 0.5) is 0 Å². The van der Waals surface area contributed by atoms with Crippen LogP contribution in [0, 0.1) is 0 Å². The van der Waals surface area contributed by atoms with Gasteiger partial charge in [0.25, 0.3) is 5.91 Å². The molecule has 1 rings (SSSR count). The molecule has 0 atom stereocenters. The van der Waals surface area contributed by atoms with Gasteiger partial charge < -0.3 is 5.73 Å². The average Bonchev–Trinajstić information content (AvgIpc) is 2.03. The molecular weight excluding hydrogens is 178 g/mol. The second-order valence-electron chi connectivity index (χ2n) is 2.22. The summed E-state index contributed by atoms with van der Waals surface area (Å²) in [7, 11) is 0. The Morgan fingerprint density at radius 1 is 1.75 bits per heavy atom. The first-order valence-corrected chi connectivity index (χ1v) is 3.84. The molecular formula is C7H8ClN3O. The van der Waals surface area contributed by atoms with Gasteiger partial charge in [-0.15, -0.1) is 0 Å². The first-order valence-electron chi connectivity index (χ1n) is 3.46. The number of carbonyl (C=O) groups is 1. The van der Waals surface area contributed by atoms with E-state index in [1.807, 2.05) is 6.92 Å². The zero-order valence-electron chi connectivity index (χ0n) is 6.54. The van der Waals surface area contributed by atoms with Crippen molar-refractivity contribution >= 4 is 17.5 Å². The molecule has 0 aliphatic rings. The number of aromatic nitrogens is 2. The Kier molecular flexibility index (Phi) is 2.60. The largest absolute Gasteiger partial charge is 0.365 e. The minimum absolute atomic E-state index is 0.136. The number of nitrogens with zero attached hydrogens (tertiary/aromatic N) is 2. The standard InChI is InChI=1S/C7H8ClN3O/c1-2-5-4(6(9)12)3-10-7(8)11-5/h3H,2H2,1H3,(H2,9,12). The molecule has 1 heterocycles. The lowest BCUT2D eigenvalue weighted by molar-refractivity contribution is 0.0998. The van der Waals surface area contributed by atoms with Crippen molar-refractivity contribution in [2.45, 2.75) is 13.3 Å². The van der Waals surface area contributed by atoms with Crippen molar-refractivity contribution in [3.63, 3.8) is 0 Å². The van der Waals surface area contributed by atoms with Crippen LogP contribution in [-0.2, 0) is 6.42 Å². The molecule has 1 aromatic heterocycles. The van der Waals surface area contributed by atoms with Crippen LogP contribution in [0.25, 0.3) is 0 Å². The highest BCUT2D eigenvalue weighted by Crippen LogP contribution is 2.08. The quantitative estimate of drug-likeness (QED) is 0.693. The molecule has 1 aromatic rings. The Hall–Kier alpha value is -1.16. The molecule has 0 saturated carbocycles. The van der Waals surface area contributed by atoms with Gasteiger partial charge in [-0.1, -0.05) is 6.92 Å². The highest BCUT2D eigenvalue weighted by atomic mass is 35.5. The van der Waals surface area contributed by atoms with Crippen molar-refractivity contribution < 1.29 is 4.79 Å². The minimum Gasteiger partial charge on any atom is -0.365 e. The summed E-state index contributed by atoms with van der Waals surface area (Å²) in [5.41, 5.74) is 6.00. The Bertz CT molecular complexity index is 314. The molecule has 0 aliphatic carbocycles. The van der Waals surface area contributed by atoms with Crippen LogP contribution in [0.15, 0.2) is 6.20 Å². The normalized spacial score (nSPS) is 9.83. The molecule has 12 heavy (non-hydrogen) atoms. The first-order chi connectivity index (χ1) is 5.65. The van der Waals surface area contributed by atoms with Gasteiger partial charge in [0.1, 0.15) is 0 Å². The SMILES string of the molecule is CCc1nc(Cl)ncc1C(N)=O. The number of rotatable bonds is 2. The third kappa shape index (κ3) is 1.71. The number of carbonyl (C=O) groups excluding carboxylic acids is 1. The van der Waals surface area contributed by atoms with E-state index in [1.165, 1.54) is 6.20 Å². The molecule has 0 radical (unpaired) electrons. The van der Waals surface area contributed by atoms with Gasteiger partial charge in [0.05, 0.1) is 11.3 Å². The van der Waals surface area contributed by atoms with Crippen LogP contribution in [0.1, 0.15) is 23.0 Å². The maximum Gasteiger partial charge on any atom is 0.252 e. The van der Waals surface area contributed by atoms with Gasteiger partial charge in [-0.2, -0.15) is 0 Å². The molecule has 0 fully saturated rings. The van der Waals surface area contributed by atoms with Crippen molar-refractivity contribution in [3.8, 4) is 0 Å². The predicted octanol–water partition coefficient (Wildman–Crippen LogP) is 0.791. The van der Waals surface area contributed by atoms with Crippen LogP contribution >= 0.6 is 11.6 Å². The van der Waals surface area contributed by atoms with Crippen LogP contribution in [0.3, 0.4) is 0 Å². The number of halogens is 1. The molecule has 0 aliphatic heterocycles.